The molecule has 0 spiro atoms. The molecule has 8 heteroatoms. The molecule has 0 saturated carbocycles. The summed E-state index contributed by atoms with van der Waals surface area (Å²) in [6, 6.07) is -0.0752. The molecular formula is C11H11F6NO. The molecule has 2 nitrogen and oxygen atoms in total. The third-order valence-corrected chi connectivity index (χ3v) is 2.45. The van der Waals surface area contributed by atoms with Crippen molar-refractivity contribution in [1.29, 1.82) is 0 Å². The van der Waals surface area contributed by atoms with Crippen molar-refractivity contribution in [1.82, 2.24) is 0 Å². The minimum Gasteiger partial charge on any atom is -0.387 e. The summed E-state index contributed by atoms with van der Waals surface area (Å²) >= 11 is 0. The fourth-order valence-corrected chi connectivity index (χ4v) is 1.45. The number of benzene rings is 1. The van der Waals surface area contributed by atoms with Crippen molar-refractivity contribution in [2.45, 2.75) is 31.4 Å². The fourth-order valence-electron chi connectivity index (χ4n) is 1.45. The van der Waals surface area contributed by atoms with E-state index in [4.69, 9.17) is 5.73 Å². The van der Waals surface area contributed by atoms with Crippen molar-refractivity contribution in [2.24, 2.45) is 5.73 Å². The molecule has 1 aromatic rings. The Morgan fingerprint density at radius 2 is 1.32 bits per heavy atom. The maximum atomic E-state index is 12.5. The molecule has 0 unspecified atom stereocenters. The maximum Gasteiger partial charge on any atom is 0.416 e. The Labute approximate surface area is 104 Å². The highest BCUT2D eigenvalue weighted by Crippen LogP contribution is 2.37. The van der Waals surface area contributed by atoms with Crippen LogP contribution in [-0.2, 0) is 12.4 Å². The molecule has 0 bridgehead atoms. The Morgan fingerprint density at radius 1 is 0.947 bits per heavy atom. The molecule has 0 aliphatic rings. The van der Waals surface area contributed by atoms with E-state index in [1.807, 2.05) is 0 Å². The standard InChI is InChI=1S/C11H11F6NO/c1-5(18)9(19)6-2-7(10(12,13)14)4-8(3-6)11(15,16)17/h2-5,9,19H,18H2,1H3/t5-,9-/m0/s1. The lowest BCUT2D eigenvalue weighted by Crippen LogP contribution is -2.25. The van der Waals surface area contributed by atoms with Crippen LogP contribution in [0.1, 0.15) is 29.7 Å². The highest BCUT2D eigenvalue weighted by molar-refractivity contribution is 5.35. The molecule has 1 rings (SSSR count). The monoisotopic (exact) mass is 287 g/mol. The first kappa shape index (κ1) is 15.8. The van der Waals surface area contributed by atoms with E-state index in [0.29, 0.717) is 12.1 Å². The summed E-state index contributed by atoms with van der Waals surface area (Å²) in [4.78, 5) is 0. The molecule has 0 aromatic heterocycles. The third-order valence-electron chi connectivity index (χ3n) is 2.45. The van der Waals surface area contributed by atoms with E-state index in [-0.39, 0.29) is 6.07 Å². The molecule has 0 aliphatic heterocycles. The van der Waals surface area contributed by atoms with Gasteiger partial charge >= 0.3 is 12.4 Å². The predicted octanol–water partition coefficient (Wildman–Crippen LogP) is 3.10. The number of nitrogens with two attached hydrogens (primary N) is 1. The number of hydrogen-bond acceptors (Lipinski definition) is 2. The largest absolute Gasteiger partial charge is 0.416 e. The van der Waals surface area contributed by atoms with Gasteiger partial charge in [0.2, 0.25) is 0 Å². The molecule has 1 aromatic carbocycles. The number of hydrogen-bond donors (Lipinski definition) is 2. The first-order valence-corrected chi connectivity index (χ1v) is 5.16. The lowest BCUT2D eigenvalue weighted by atomic mass is 9.98. The van der Waals surface area contributed by atoms with Crippen LogP contribution in [0.15, 0.2) is 18.2 Å². The molecule has 3 N–H and O–H groups in total. The molecule has 19 heavy (non-hydrogen) atoms. The highest BCUT2D eigenvalue weighted by Gasteiger charge is 2.37. The number of alkyl halides is 6. The van der Waals surface area contributed by atoms with Gasteiger partial charge in [0.1, 0.15) is 0 Å². The smallest absolute Gasteiger partial charge is 0.387 e. The van der Waals surface area contributed by atoms with Crippen molar-refractivity contribution in [2.75, 3.05) is 0 Å². The van der Waals surface area contributed by atoms with E-state index >= 15 is 0 Å². The van der Waals surface area contributed by atoms with Gasteiger partial charge in [-0.15, -0.1) is 0 Å². The summed E-state index contributed by atoms with van der Waals surface area (Å²) in [6.45, 7) is 1.28. The Hall–Kier alpha value is -1.28. The van der Waals surface area contributed by atoms with E-state index in [2.05, 4.69) is 0 Å². The molecule has 0 radical (unpaired) electrons. The van der Waals surface area contributed by atoms with E-state index in [1.54, 1.807) is 0 Å². The summed E-state index contributed by atoms with van der Waals surface area (Å²) in [6.07, 6.45) is -11.5. The second kappa shape index (κ2) is 5.01. The van der Waals surface area contributed by atoms with E-state index in [1.165, 1.54) is 6.92 Å². The van der Waals surface area contributed by atoms with Crippen LogP contribution in [0.3, 0.4) is 0 Å². The SMILES string of the molecule is C[C@H](N)[C@H](O)c1cc(C(F)(F)F)cc(C(F)(F)F)c1. The Kier molecular flexibility index (Phi) is 4.16. The normalized spacial score (nSPS) is 16.3. The topological polar surface area (TPSA) is 46.2 Å². The van der Waals surface area contributed by atoms with Crippen LogP contribution in [0, 0.1) is 0 Å². The van der Waals surface area contributed by atoms with Gasteiger partial charge in [-0.3, -0.25) is 0 Å². The minimum atomic E-state index is -4.94. The molecule has 0 amide bonds. The number of rotatable bonds is 2. The maximum absolute atomic E-state index is 12.5. The van der Waals surface area contributed by atoms with Crippen LogP contribution >= 0.6 is 0 Å². The van der Waals surface area contributed by atoms with Gasteiger partial charge in [0.25, 0.3) is 0 Å². The minimum absolute atomic E-state index is 0.00258. The molecule has 0 saturated heterocycles. The zero-order chi connectivity index (χ0) is 15.0. The van der Waals surface area contributed by atoms with Crippen molar-refractivity contribution in [3.8, 4) is 0 Å². The van der Waals surface area contributed by atoms with Crippen molar-refractivity contribution in [3.63, 3.8) is 0 Å². The summed E-state index contributed by atoms with van der Waals surface area (Å²) in [5.74, 6) is 0. The van der Waals surface area contributed by atoms with Crippen LogP contribution in [-0.4, -0.2) is 11.1 Å². The van der Waals surface area contributed by atoms with Gasteiger partial charge in [0.15, 0.2) is 0 Å². The molecular weight excluding hydrogens is 276 g/mol. The predicted molar refractivity (Wildman–Crippen MR) is 55.1 cm³/mol. The molecule has 0 fully saturated rings. The zero-order valence-electron chi connectivity index (χ0n) is 9.68. The van der Waals surface area contributed by atoms with Crippen LogP contribution in [0.25, 0.3) is 0 Å². The average Bonchev–Trinajstić information content (AvgIpc) is 2.24. The summed E-state index contributed by atoms with van der Waals surface area (Å²) in [5, 5.41) is 9.52. The molecule has 108 valence electrons. The second-order valence-electron chi connectivity index (χ2n) is 4.14. The molecule has 0 heterocycles. The highest BCUT2D eigenvalue weighted by atomic mass is 19.4. The first-order valence-electron chi connectivity index (χ1n) is 5.16. The second-order valence-corrected chi connectivity index (χ2v) is 4.14. The van der Waals surface area contributed by atoms with Gasteiger partial charge in [-0.05, 0) is 30.7 Å². The van der Waals surface area contributed by atoms with Gasteiger partial charge in [-0.1, -0.05) is 0 Å². The van der Waals surface area contributed by atoms with Crippen molar-refractivity contribution >= 4 is 0 Å². The Bertz CT molecular complexity index is 419. The molecule has 2 atom stereocenters. The lowest BCUT2D eigenvalue weighted by molar-refractivity contribution is -0.143. The summed E-state index contributed by atoms with van der Waals surface area (Å²) in [7, 11) is 0. The first-order chi connectivity index (χ1) is 8.43. The van der Waals surface area contributed by atoms with Gasteiger partial charge in [-0.25, -0.2) is 0 Å². The third kappa shape index (κ3) is 3.84. The van der Waals surface area contributed by atoms with Crippen LogP contribution in [0.5, 0.6) is 0 Å². The Balaban J connectivity index is 3.41. The van der Waals surface area contributed by atoms with Gasteiger partial charge in [0.05, 0.1) is 17.2 Å². The van der Waals surface area contributed by atoms with Crippen LogP contribution in [0.2, 0.25) is 0 Å². The van der Waals surface area contributed by atoms with Crippen molar-refractivity contribution < 1.29 is 31.4 Å². The quantitative estimate of drug-likeness (QED) is 0.821. The fraction of sp³-hybridized carbons (Fsp3) is 0.455. The lowest BCUT2D eigenvalue weighted by Gasteiger charge is -2.19. The van der Waals surface area contributed by atoms with Crippen molar-refractivity contribution in [3.05, 3.63) is 34.9 Å². The zero-order valence-corrected chi connectivity index (χ0v) is 9.68. The van der Waals surface area contributed by atoms with E-state index < -0.39 is 41.2 Å². The molecule has 0 aliphatic carbocycles. The van der Waals surface area contributed by atoms with Crippen LogP contribution < -0.4 is 5.73 Å². The number of halogens is 6. The van der Waals surface area contributed by atoms with Gasteiger partial charge < -0.3 is 10.8 Å². The number of aliphatic hydroxyl groups is 1. The van der Waals surface area contributed by atoms with E-state index in [0.717, 1.165) is 0 Å². The van der Waals surface area contributed by atoms with Gasteiger partial charge in [-0.2, -0.15) is 26.3 Å². The summed E-state index contributed by atoms with van der Waals surface area (Å²) < 4.78 is 75.1. The average molecular weight is 287 g/mol. The van der Waals surface area contributed by atoms with Crippen LogP contribution in [0.4, 0.5) is 26.3 Å². The van der Waals surface area contributed by atoms with Gasteiger partial charge in [0, 0.05) is 6.04 Å². The summed E-state index contributed by atoms with van der Waals surface area (Å²) in [5.41, 5.74) is 1.81. The number of aliphatic hydroxyl groups excluding tert-OH is 1. The van der Waals surface area contributed by atoms with E-state index in [9.17, 15) is 31.4 Å². The Morgan fingerprint density at radius 3 is 1.58 bits per heavy atom.